The van der Waals surface area contributed by atoms with Crippen LogP contribution in [0.4, 0.5) is 4.79 Å². The minimum absolute atomic E-state index is 0.0130. The number of nitrogens with zero attached hydrogens (tertiary/aromatic N) is 2. The fourth-order valence-corrected chi connectivity index (χ4v) is 2.64. The number of hydrogen-bond acceptors (Lipinski definition) is 2. The summed E-state index contributed by atoms with van der Waals surface area (Å²) < 4.78 is 1.22. The lowest BCUT2D eigenvalue weighted by molar-refractivity contribution is -0.121. The molecule has 4 nitrogen and oxygen atoms in total. The molecule has 1 saturated heterocycles. The molecule has 2 aliphatic rings. The highest BCUT2D eigenvalue weighted by molar-refractivity contribution is 14.1. The van der Waals surface area contributed by atoms with E-state index in [1.54, 1.807) is 0 Å². The number of unbranched alkanes of at least 4 members (excludes halogenated alkanes) is 1. The zero-order chi connectivity index (χ0) is 10.8. The first-order valence-corrected chi connectivity index (χ1v) is 6.37. The Kier molecular flexibility index (Phi) is 3.50. The molecule has 1 unspecified atom stereocenters. The summed E-state index contributed by atoms with van der Waals surface area (Å²) in [5, 5.41) is 1.53. The van der Waals surface area contributed by atoms with E-state index in [9.17, 15) is 4.79 Å². The number of rotatable bonds is 4. The van der Waals surface area contributed by atoms with Gasteiger partial charge in [-0.15, -0.1) is 0 Å². The minimum Gasteiger partial charge on any atom is -0.316 e. The van der Waals surface area contributed by atoms with E-state index in [1.807, 2.05) is 4.90 Å². The molecule has 0 aromatic rings. The number of fused-ring (bicyclic) bond motifs is 2. The van der Waals surface area contributed by atoms with E-state index in [0.717, 1.165) is 25.9 Å². The van der Waals surface area contributed by atoms with E-state index in [4.69, 9.17) is 4.84 Å². The number of amides is 2. The summed E-state index contributed by atoms with van der Waals surface area (Å²) in [6.07, 6.45) is 4.20. The Balaban J connectivity index is 1.97. The third kappa shape index (κ3) is 2.28. The van der Waals surface area contributed by atoms with Gasteiger partial charge in [0.25, 0.3) is 0 Å². The monoisotopic (exact) mass is 322 g/mol. The van der Waals surface area contributed by atoms with Crippen molar-refractivity contribution in [2.75, 3.05) is 19.7 Å². The van der Waals surface area contributed by atoms with Crippen molar-refractivity contribution in [2.24, 2.45) is 0 Å². The topological polar surface area (TPSA) is 32.8 Å². The van der Waals surface area contributed by atoms with Crippen LogP contribution in [0.3, 0.4) is 0 Å². The summed E-state index contributed by atoms with van der Waals surface area (Å²) in [4.78, 5) is 19.2. The summed E-state index contributed by atoms with van der Waals surface area (Å²) in [6.45, 7) is 4.26. The van der Waals surface area contributed by atoms with Gasteiger partial charge in [-0.3, -0.25) is 4.84 Å². The molecule has 0 N–H and O–H groups in total. The van der Waals surface area contributed by atoms with Gasteiger partial charge in [-0.1, -0.05) is 13.3 Å². The summed E-state index contributed by atoms with van der Waals surface area (Å²) in [6, 6.07) is 0.133. The van der Waals surface area contributed by atoms with E-state index in [-0.39, 0.29) is 12.1 Å². The number of halogens is 1. The van der Waals surface area contributed by atoms with Gasteiger partial charge in [-0.2, -0.15) is 5.06 Å². The van der Waals surface area contributed by atoms with E-state index in [1.165, 1.54) is 8.64 Å². The van der Waals surface area contributed by atoms with Gasteiger partial charge in [-0.25, -0.2) is 4.79 Å². The van der Waals surface area contributed by atoms with E-state index < -0.39 is 0 Å². The molecule has 15 heavy (non-hydrogen) atoms. The van der Waals surface area contributed by atoms with Crippen molar-refractivity contribution in [3.05, 3.63) is 9.66 Å². The smallest absolute Gasteiger partial charge is 0.316 e. The van der Waals surface area contributed by atoms with Crippen LogP contribution in [0.1, 0.15) is 19.8 Å². The van der Waals surface area contributed by atoms with E-state index >= 15 is 0 Å². The second kappa shape index (κ2) is 4.69. The van der Waals surface area contributed by atoms with Gasteiger partial charge in [0.15, 0.2) is 0 Å². The quantitative estimate of drug-likeness (QED) is 0.587. The third-order valence-electron chi connectivity index (χ3n) is 2.61. The number of carbonyl (C=O) groups excluding carboxylic acids is 1. The summed E-state index contributed by atoms with van der Waals surface area (Å²) >= 11 is 2.28. The van der Waals surface area contributed by atoms with Crippen molar-refractivity contribution in [1.82, 2.24) is 9.96 Å². The predicted octanol–water partition coefficient (Wildman–Crippen LogP) is 2.16. The molecule has 0 spiro atoms. The average Bonchev–Trinajstić information content (AvgIpc) is 2.42. The average molecular weight is 322 g/mol. The number of hydroxylamine groups is 2. The lowest BCUT2D eigenvalue weighted by atomic mass is 10.2. The molecular formula is C10H15IN2O2. The first-order chi connectivity index (χ1) is 7.22. The van der Waals surface area contributed by atoms with Crippen LogP contribution in [-0.2, 0) is 4.84 Å². The Morgan fingerprint density at radius 3 is 3.20 bits per heavy atom. The molecule has 2 bridgehead atoms. The van der Waals surface area contributed by atoms with E-state index in [2.05, 4.69) is 35.6 Å². The van der Waals surface area contributed by atoms with E-state index in [0.29, 0.717) is 6.61 Å². The summed E-state index contributed by atoms with van der Waals surface area (Å²) in [7, 11) is 0. The predicted molar refractivity (Wildman–Crippen MR) is 65.6 cm³/mol. The molecule has 0 saturated carbocycles. The van der Waals surface area contributed by atoms with Crippen molar-refractivity contribution in [1.29, 1.82) is 0 Å². The molecule has 0 aliphatic carbocycles. The lowest BCUT2D eigenvalue weighted by Crippen LogP contribution is -2.33. The molecule has 2 aliphatic heterocycles. The molecule has 2 rings (SSSR count). The van der Waals surface area contributed by atoms with Gasteiger partial charge in [0.1, 0.15) is 0 Å². The summed E-state index contributed by atoms with van der Waals surface area (Å²) in [5.41, 5.74) is 0. The molecule has 1 atom stereocenters. The van der Waals surface area contributed by atoms with Crippen LogP contribution in [0.2, 0.25) is 0 Å². The number of urea groups is 1. The lowest BCUT2D eigenvalue weighted by Gasteiger charge is -2.19. The number of hydrogen-bond donors (Lipinski definition) is 0. The highest BCUT2D eigenvalue weighted by Crippen LogP contribution is 2.27. The zero-order valence-corrected chi connectivity index (χ0v) is 10.9. The Morgan fingerprint density at radius 1 is 1.67 bits per heavy atom. The van der Waals surface area contributed by atoms with Gasteiger partial charge in [-0.05, 0) is 35.1 Å². The fourth-order valence-electron chi connectivity index (χ4n) is 1.81. The second-order valence-electron chi connectivity index (χ2n) is 3.86. The highest BCUT2D eigenvalue weighted by atomic mass is 127. The maximum Gasteiger partial charge on any atom is 0.344 e. The maximum atomic E-state index is 11.8. The maximum absolute atomic E-state index is 11.8. The molecule has 0 radical (unpaired) electrons. The third-order valence-corrected chi connectivity index (χ3v) is 3.31. The van der Waals surface area contributed by atoms with Gasteiger partial charge in [0, 0.05) is 10.1 Å². The molecule has 2 heterocycles. The van der Waals surface area contributed by atoms with Crippen molar-refractivity contribution in [2.45, 2.75) is 25.8 Å². The van der Waals surface area contributed by atoms with Gasteiger partial charge < -0.3 is 4.90 Å². The Hall–Kier alpha value is -0.300. The van der Waals surface area contributed by atoms with Gasteiger partial charge in [0.2, 0.25) is 0 Å². The molecule has 84 valence electrons. The van der Waals surface area contributed by atoms with Gasteiger partial charge >= 0.3 is 6.03 Å². The normalized spacial score (nSPS) is 24.8. The second-order valence-corrected chi connectivity index (χ2v) is 5.24. The largest absolute Gasteiger partial charge is 0.344 e. The number of carbonyl (C=O) groups is 1. The minimum atomic E-state index is 0.0130. The van der Waals surface area contributed by atoms with Crippen LogP contribution in [0, 0.1) is 0 Å². The zero-order valence-electron chi connectivity index (χ0n) is 8.78. The van der Waals surface area contributed by atoms with Crippen molar-refractivity contribution in [3.8, 4) is 0 Å². The van der Waals surface area contributed by atoms with Crippen molar-refractivity contribution in [3.63, 3.8) is 0 Å². The standard InChI is InChI=1S/C10H15IN2O2/c1-2-3-4-15-13-9-5-8(11)6-12(7-9)10(13)14/h5,9H,2-4,6-7H2,1H3. The van der Waals surface area contributed by atoms with Crippen LogP contribution < -0.4 is 0 Å². The highest BCUT2D eigenvalue weighted by Gasteiger charge is 2.40. The van der Waals surface area contributed by atoms with Crippen LogP contribution >= 0.6 is 22.6 Å². The molecule has 2 amide bonds. The molecular weight excluding hydrogens is 307 g/mol. The summed E-state index contributed by atoms with van der Waals surface area (Å²) in [5.74, 6) is 0. The molecule has 0 aromatic carbocycles. The Bertz CT molecular complexity index is 293. The van der Waals surface area contributed by atoms with Crippen LogP contribution in [0.5, 0.6) is 0 Å². The SMILES string of the molecule is CCCCON1C(=O)N2CC(I)=CC1C2. The van der Waals surface area contributed by atoms with Crippen LogP contribution in [0.15, 0.2) is 9.66 Å². The molecule has 0 aromatic heterocycles. The van der Waals surface area contributed by atoms with Crippen LogP contribution in [0.25, 0.3) is 0 Å². The van der Waals surface area contributed by atoms with Crippen LogP contribution in [-0.4, -0.2) is 41.7 Å². The van der Waals surface area contributed by atoms with Crippen molar-refractivity contribution < 1.29 is 9.63 Å². The first kappa shape index (κ1) is 11.2. The van der Waals surface area contributed by atoms with Gasteiger partial charge in [0.05, 0.1) is 19.2 Å². The van der Waals surface area contributed by atoms with Crippen molar-refractivity contribution >= 4 is 28.6 Å². The fraction of sp³-hybridized carbons (Fsp3) is 0.700. The Labute approximate surface area is 103 Å². The Morgan fingerprint density at radius 2 is 2.47 bits per heavy atom. The first-order valence-electron chi connectivity index (χ1n) is 5.29. The molecule has 5 heteroatoms. The molecule has 1 fully saturated rings.